The molecule has 30 heavy (non-hydrogen) atoms. The summed E-state index contributed by atoms with van der Waals surface area (Å²) in [5, 5.41) is 4.04. The summed E-state index contributed by atoms with van der Waals surface area (Å²) in [4.78, 5) is 11.4. The van der Waals surface area contributed by atoms with Crippen molar-refractivity contribution in [2.75, 3.05) is 24.7 Å². The van der Waals surface area contributed by atoms with Crippen molar-refractivity contribution in [3.05, 3.63) is 59.9 Å². The molecule has 1 aliphatic heterocycles. The first-order valence-electron chi connectivity index (χ1n) is 10.4. The van der Waals surface area contributed by atoms with Gasteiger partial charge in [0.1, 0.15) is 12.1 Å². The summed E-state index contributed by atoms with van der Waals surface area (Å²) in [7, 11) is -3.29. The monoisotopic (exact) mass is 424 g/mol. The molecule has 0 amide bonds. The number of fused-ring (bicyclic) bond motifs is 1. The Labute approximate surface area is 178 Å². The van der Waals surface area contributed by atoms with E-state index >= 15 is 0 Å². The van der Waals surface area contributed by atoms with E-state index in [-0.39, 0.29) is 4.90 Å². The van der Waals surface area contributed by atoms with Crippen LogP contribution in [0.3, 0.4) is 0 Å². The first-order valence-corrected chi connectivity index (χ1v) is 12.3. The molecular formula is C23H28N4O2S. The van der Waals surface area contributed by atoms with E-state index < -0.39 is 9.84 Å². The fourth-order valence-electron chi connectivity index (χ4n) is 3.83. The highest BCUT2D eigenvalue weighted by molar-refractivity contribution is 7.90. The Hall–Kier alpha value is -2.51. The van der Waals surface area contributed by atoms with Crippen LogP contribution >= 0.6 is 0 Å². The quantitative estimate of drug-likeness (QED) is 0.647. The SMILES string of the molecule is CC1CCN(Cc2ccc(CNc3ncnc4ccc(S(C)(=O)=O)cc34)cc2)CC1. The van der Waals surface area contributed by atoms with Crippen LogP contribution in [0.15, 0.2) is 53.7 Å². The van der Waals surface area contributed by atoms with Gasteiger partial charge in [-0.15, -0.1) is 0 Å². The van der Waals surface area contributed by atoms with Crippen LogP contribution in [-0.4, -0.2) is 42.6 Å². The minimum atomic E-state index is -3.29. The van der Waals surface area contributed by atoms with Crippen molar-refractivity contribution in [2.24, 2.45) is 5.92 Å². The lowest BCUT2D eigenvalue weighted by Crippen LogP contribution is -2.32. The molecule has 0 radical (unpaired) electrons. The average Bonchev–Trinajstić information content (AvgIpc) is 2.74. The lowest BCUT2D eigenvalue weighted by molar-refractivity contribution is 0.185. The number of hydrogen-bond acceptors (Lipinski definition) is 6. The lowest BCUT2D eigenvalue weighted by atomic mass is 9.99. The Morgan fingerprint density at radius 2 is 1.73 bits per heavy atom. The molecular weight excluding hydrogens is 396 g/mol. The second-order valence-electron chi connectivity index (χ2n) is 8.30. The highest BCUT2D eigenvalue weighted by Gasteiger charge is 2.15. The van der Waals surface area contributed by atoms with Gasteiger partial charge in [0.15, 0.2) is 9.84 Å². The van der Waals surface area contributed by atoms with Gasteiger partial charge in [0.05, 0.1) is 10.4 Å². The van der Waals surface area contributed by atoms with Crippen LogP contribution in [0.5, 0.6) is 0 Å². The molecule has 0 aliphatic carbocycles. The zero-order chi connectivity index (χ0) is 21.1. The zero-order valence-corrected chi connectivity index (χ0v) is 18.3. The van der Waals surface area contributed by atoms with Gasteiger partial charge in [-0.2, -0.15) is 0 Å². The van der Waals surface area contributed by atoms with Crippen LogP contribution in [0.1, 0.15) is 30.9 Å². The van der Waals surface area contributed by atoms with Crippen molar-refractivity contribution in [2.45, 2.75) is 37.8 Å². The van der Waals surface area contributed by atoms with Crippen LogP contribution in [0, 0.1) is 5.92 Å². The summed E-state index contributed by atoms with van der Waals surface area (Å²) in [5.41, 5.74) is 3.20. The molecule has 1 aliphatic rings. The summed E-state index contributed by atoms with van der Waals surface area (Å²) < 4.78 is 23.8. The molecule has 0 atom stereocenters. The molecule has 2 aromatic carbocycles. The summed E-state index contributed by atoms with van der Waals surface area (Å²) in [6.45, 7) is 6.31. The fraction of sp³-hybridized carbons (Fsp3) is 0.391. The number of benzene rings is 2. The number of aromatic nitrogens is 2. The maximum absolute atomic E-state index is 11.9. The van der Waals surface area contributed by atoms with Gasteiger partial charge in [0.2, 0.25) is 0 Å². The summed E-state index contributed by atoms with van der Waals surface area (Å²) >= 11 is 0. The van der Waals surface area contributed by atoms with E-state index in [1.54, 1.807) is 18.2 Å². The van der Waals surface area contributed by atoms with E-state index in [0.717, 1.165) is 18.0 Å². The molecule has 0 bridgehead atoms. The van der Waals surface area contributed by atoms with E-state index in [9.17, 15) is 8.42 Å². The minimum Gasteiger partial charge on any atom is -0.365 e. The molecule has 0 spiro atoms. The van der Waals surface area contributed by atoms with Crippen LogP contribution in [0.2, 0.25) is 0 Å². The molecule has 1 fully saturated rings. The normalized spacial score (nSPS) is 16.1. The number of nitrogens with zero attached hydrogens (tertiary/aromatic N) is 3. The Balaban J connectivity index is 1.44. The van der Waals surface area contributed by atoms with Gasteiger partial charge >= 0.3 is 0 Å². The number of likely N-dealkylation sites (tertiary alicyclic amines) is 1. The predicted octanol–water partition coefficient (Wildman–Crippen LogP) is 3.88. The Kier molecular flexibility index (Phi) is 6.01. The van der Waals surface area contributed by atoms with E-state index in [4.69, 9.17) is 0 Å². The molecule has 1 aromatic heterocycles. The Morgan fingerprint density at radius 1 is 1.03 bits per heavy atom. The third-order valence-electron chi connectivity index (χ3n) is 5.80. The molecule has 0 saturated carbocycles. The average molecular weight is 425 g/mol. The molecule has 4 rings (SSSR count). The zero-order valence-electron chi connectivity index (χ0n) is 17.5. The maximum atomic E-state index is 11.9. The van der Waals surface area contributed by atoms with Crippen molar-refractivity contribution in [3.63, 3.8) is 0 Å². The number of nitrogens with one attached hydrogen (secondary N) is 1. The number of hydrogen-bond donors (Lipinski definition) is 1. The predicted molar refractivity (Wildman–Crippen MR) is 120 cm³/mol. The minimum absolute atomic E-state index is 0.268. The third-order valence-corrected chi connectivity index (χ3v) is 6.91. The molecule has 1 saturated heterocycles. The molecule has 158 valence electrons. The van der Waals surface area contributed by atoms with Gasteiger partial charge < -0.3 is 5.32 Å². The molecule has 2 heterocycles. The van der Waals surface area contributed by atoms with Crippen molar-refractivity contribution in [1.29, 1.82) is 0 Å². The molecule has 0 unspecified atom stereocenters. The lowest BCUT2D eigenvalue weighted by Gasteiger charge is -2.30. The van der Waals surface area contributed by atoms with Crippen LogP contribution in [0.4, 0.5) is 5.82 Å². The second-order valence-corrected chi connectivity index (χ2v) is 10.3. The smallest absolute Gasteiger partial charge is 0.175 e. The summed E-state index contributed by atoms with van der Waals surface area (Å²) in [5.74, 6) is 1.48. The highest BCUT2D eigenvalue weighted by atomic mass is 32.2. The molecule has 1 N–H and O–H groups in total. The number of rotatable bonds is 6. The van der Waals surface area contributed by atoms with E-state index in [0.29, 0.717) is 23.3 Å². The van der Waals surface area contributed by atoms with Crippen LogP contribution in [0.25, 0.3) is 10.9 Å². The first-order chi connectivity index (χ1) is 14.4. The van der Waals surface area contributed by atoms with Gasteiger partial charge in [0, 0.05) is 24.7 Å². The molecule has 3 aromatic rings. The van der Waals surface area contributed by atoms with Crippen LogP contribution < -0.4 is 5.32 Å². The van der Waals surface area contributed by atoms with Gasteiger partial charge in [-0.3, -0.25) is 4.90 Å². The second kappa shape index (κ2) is 8.70. The van der Waals surface area contributed by atoms with Crippen molar-refractivity contribution < 1.29 is 8.42 Å². The topological polar surface area (TPSA) is 75.2 Å². The van der Waals surface area contributed by atoms with E-state index in [1.807, 2.05) is 0 Å². The number of piperidine rings is 1. The highest BCUT2D eigenvalue weighted by Crippen LogP contribution is 2.24. The van der Waals surface area contributed by atoms with E-state index in [1.165, 1.54) is 44.1 Å². The Morgan fingerprint density at radius 3 is 2.43 bits per heavy atom. The third kappa shape index (κ3) is 4.96. The molecule has 7 heteroatoms. The van der Waals surface area contributed by atoms with Gasteiger partial charge in [-0.25, -0.2) is 18.4 Å². The number of anilines is 1. The first kappa shape index (κ1) is 20.8. The van der Waals surface area contributed by atoms with Gasteiger partial charge in [0.25, 0.3) is 0 Å². The summed E-state index contributed by atoms with van der Waals surface area (Å²) in [6.07, 6.45) is 5.27. The van der Waals surface area contributed by atoms with E-state index in [2.05, 4.69) is 51.4 Å². The standard InChI is InChI=1S/C23H28N4O2S/c1-17-9-11-27(12-10-17)15-19-5-3-18(4-6-19)14-24-23-21-13-20(30(2,28)29)7-8-22(21)25-16-26-23/h3-8,13,16-17H,9-12,14-15H2,1-2H3,(H,24,25,26). The maximum Gasteiger partial charge on any atom is 0.175 e. The van der Waals surface area contributed by atoms with Crippen molar-refractivity contribution >= 4 is 26.6 Å². The fourth-order valence-corrected chi connectivity index (χ4v) is 4.48. The summed E-state index contributed by atoms with van der Waals surface area (Å²) in [6, 6.07) is 13.6. The van der Waals surface area contributed by atoms with Crippen molar-refractivity contribution in [3.8, 4) is 0 Å². The van der Waals surface area contributed by atoms with Gasteiger partial charge in [-0.1, -0.05) is 31.2 Å². The van der Waals surface area contributed by atoms with Crippen LogP contribution in [-0.2, 0) is 22.9 Å². The Bertz CT molecular complexity index is 1120. The number of sulfone groups is 1. The molecule has 6 nitrogen and oxygen atoms in total. The largest absolute Gasteiger partial charge is 0.365 e. The van der Waals surface area contributed by atoms with Gasteiger partial charge in [-0.05, 0) is 61.2 Å². The van der Waals surface area contributed by atoms with Crippen molar-refractivity contribution in [1.82, 2.24) is 14.9 Å².